The smallest absolute Gasteiger partial charge is 0.148 e. The monoisotopic (exact) mass is 700 g/mol. The number of terminal acetylenes is 6. The molecule has 0 amide bonds. The van der Waals surface area contributed by atoms with Crippen molar-refractivity contribution in [2.45, 2.75) is 13.1 Å². The van der Waals surface area contributed by atoms with E-state index in [1.807, 2.05) is 84.9 Å². The predicted octanol–water partition coefficient (Wildman–Crippen LogP) is 8.55. The van der Waals surface area contributed by atoms with Crippen molar-refractivity contribution in [2.24, 2.45) is 0 Å². The average Bonchev–Trinajstić information content (AvgIpc) is 3.69. The van der Waals surface area contributed by atoms with Crippen LogP contribution in [0.4, 0.5) is 0 Å². The number of aromatic nitrogens is 2. The van der Waals surface area contributed by atoms with Gasteiger partial charge in [0.15, 0.2) is 0 Å². The zero-order chi connectivity index (χ0) is 37.6. The van der Waals surface area contributed by atoms with Crippen molar-refractivity contribution in [3.63, 3.8) is 0 Å². The van der Waals surface area contributed by atoms with E-state index in [4.69, 9.17) is 57.5 Å². The molecule has 0 saturated heterocycles. The third kappa shape index (κ3) is 6.13. The molecule has 0 aliphatic carbocycles. The highest BCUT2D eigenvalue weighted by molar-refractivity contribution is 6.32. The van der Waals surface area contributed by atoms with Crippen molar-refractivity contribution in [1.29, 1.82) is 0 Å². The molecule has 6 nitrogen and oxygen atoms in total. The van der Waals surface area contributed by atoms with Gasteiger partial charge in [0.2, 0.25) is 0 Å². The van der Waals surface area contributed by atoms with E-state index >= 15 is 0 Å². The van der Waals surface area contributed by atoms with Crippen molar-refractivity contribution >= 4 is 43.6 Å². The molecule has 0 unspecified atom stereocenters. The Morgan fingerprint density at radius 1 is 0.407 bits per heavy atom. The maximum absolute atomic E-state index is 6.13. The van der Waals surface area contributed by atoms with Crippen LogP contribution in [0.1, 0.15) is 0 Å². The summed E-state index contributed by atoms with van der Waals surface area (Å²) in [7, 11) is 0. The lowest BCUT2D eigenvalue weighted by atomic mass is 9.89. The van der Waals surface area contributed by atoms with Crippen LogP contribution in [0.5, 0.6) is 23.0 Å². The van der Waals surface area contributed by atoms with Gasteiger partial charge >= 0.3 is 0 Å². The van der Waals surface area contributed by atoms with Gasteiger partial charge in [-0.25, -0.2) is 0 Å². The number of hydrogen-bond donors (Lipinski definition) is 0. The maximum Gasteiger partial charge on any atom is 0.148 e. The van der Waals surface area contributed by atoms with E-state index in [1.165, 1.54) is 0 Å². The summed E-state index contributed by atoms with van der Waals surface area (Å²) in [5, 5.41) is 3.74. The van der Waals surface area contributed by atoms with E-state index in [-0.39, 0.29) is 39.5 Å². The molecule has 0 aliphatic heterocycles. The van der Waals surface area contributed by atoms with Gasteiger partial charge in [-0.2, -0.15) is 0 Å². The van der Waals surface area contributed by atoms with Crippen LogP contribution in [0.15, 0.2) is 84.9 Å². The minimum Gasteiger partial charge on any atom is -0.481 e. The van der Waals surface area contributed by atoms with Gasteiger partial charge in [0, 0.05) is 32.7 Å². The lowest BCUT2D eigenvalue weighted by molar-refractivity contribution is 0.370. The summed E-state index contributed by atoms with van der Waals surface area (Å²) < 4.78 is 27.8. The summed E-state index contributed by atoms with van der Waals surface area (Å²) in [6.07, 6.45) is 34.4. The highest BCUT2D eigenvalue weighted by atomic mass is 16.5. The van der Waals surface area contributed by atoms with Crippen molar-refractivity contribution in [3.05, 3.63) is 84.9 Å². The van der Waals surface area contributed by atoms with Gasteiger partial charge in [0.1, 0.15) is 49.4 Å². The first-order valence-corrected chi connectivity index (χ1v) is 17.0. The van der Waals surface area contributed by atoms with E-state index < -0.39 is 0 Å². The molecule has 0 atom stereocenters. The number of rotatable bonds is 12. The van der Waals surface area contributed by atoms with Crippen molar-refractivity contribution in [2.75, 3.05) is 26.4 Å². The molecule has 0 aliphatic rings. The van der Waals surface area contributed by atoms with E-state index in [9.17, 15) is 0 Å². The second-order valence-electron chi connectivity index (χ2n) is 12.2. The quantitative estimate of drug-likeness (QED) is 0.120. The first-order chi connectivity index (χ1) is 26.6. The first-order valence-electron chi connectivity index (χ1n) is 17.0. The summed E-state index contributed by atoms with van der Waals surface area (Å²) in [6.45, 7) is 1.09. The molecule has 0 N–H and O–H groups in total. The maximum atomic E-state index is 6.13. The molecular formula is C48H32N2O4. The second-order valence-corrected chi connectivity index (χ2v) is 12.2. The van der Waals surface area contributed by atoms with Crippen molar-refractivity contribution in [1.82, 2.24) is 9.13 Å². The SMILES string of the molecule is C#CCOc1ccc(-c2c3c4cc(OCC#C)ccc4n(CC#C)c3c(-c3ccc(OCC#C)cc3)c3c4cc(OCC#C)ccc4n(CC#C)c23)cc1. The fraction of sp³-hybridized carbons (Fsp3) is 0.125. The van der Waals surface area contributed by atoms with Crippen LogP contribution < -0.4 is 18.9 Å². The summed E-state index contributed by atoms with van der Waals surface area (Å²) in [5.74, 6) is 18.5. The molecule has 0 fully saturated rings. The lowest BCUT2D eigenvalue weighted by Crippen LogP contribution is -2.01. The second kappa shape index (κ2) is 15.2. The molecule has 258 valence electrons. The van der Waals surface area contributed by atoms with Crippen LogP contribution in [-0.4, -0.2) is 35.6 Å². The molecule has 54 heavy (non-hydrogen) atoms. The molecular weight excluding hydrogens is 669 g/mol. The number of ether oxygens (including phenoxy) is 4. The van der Waals surface area contributed by atoms with Crippen molar-refractivity contribution in [3.8, 4) is 119 Å². The van der Waals surface area contributed by atoms with Crippen LogP contribution in [0.3, 0.4) is 0 Å². The molecule has 0 radical (unpaired) electrons. The fourth-order valence-electron chi connectivity index (χ4n) is 7.12. The fourth-order valence-corrected chi connectivity index (χ4v) is 7.12. The van der Waals surface area contributed by atoms with E-state index in [0.29, 0.717) is 23.0 Å². The van der Waals surface area contributed by atoms with Gasteiger partial charge < -0.3 is 28.1 Å². The van der Waals surface area contributed by atoms with Crippen molar-refractivity contribution < 1.29 is 18.9 Å². The minimum atomic E-state index is 0.116. The Kier molecular flexibility index (Phi) is 9.80. The number of nitrogens with zero attached hydrogens (tertiary/aromatic N) is 2. The van der Waals surface area contributed by atoms with Crippen LogP contribution in [0.2, 0.25) is 0 Å². The topological polar surface area (TPSA) is 46.8 Å². The zero-order valence-corrected chi connectivity index (χ0v) is 29.3. The Hall–Kier alpha value is -7.74. The summed E-state index contributed by atoms with van der Waals surface area (Å²) in [6, 6.07) is 27.6. The number of fused-ring (bicyclic) bond motifs is 6. The molecule has 0 saturated carbocycles. The third-order valence-electron chi connectivity index (χ3n) is 9.12. The third-order valence-corrected chi connectivity index (χ3v) is 9.12. The van der Waals surface area contributed by atoms with Crippen LogP contribution in [-0.2, 0) is 13.1 Å². The molecule has 7 aromatic rings. The summed E-state index contributed by atoms with van der Waals surface area (Å²) >= 11 is 0. The van der Waals surface area contributed by atoms with Gasteiger partial charge in [-0.3, -0.25) is 0 Å². The van der Waals surface area contributed by atoms with Gasteiger partial charge in [0.25, 0.3) is 0 Å². The van der Waals surface area contributed by atoms with Gasteiger partial charge in [0.05, 0.1) is 35.2 Å². The lowest BCUT2D eigenvalue weighted by Gasteiger charge is -2.17. The number of hydrogen-bond acceptors (Lipinski definition) is 4. The van der Waals surface area contributed by atoms with E-state index in [2.05, 4.69) is 44.7 Å². The first kappa shape index (κ1) is 34.7. The molecule has 5 aromatic carbocycles. The normalized spacial score (nSPS) is 10.6. The Morgan fingerprint density at radius 3 is 1.07 bits per heavy atom. The van der Waals surface area contributed by atoms with Crippen LogP contribution in [0.25, 0.3) is 65.9 Å². The Labute approximate surface area is 314 Å². The number of benzene rings is 5. The standard InChI is InChI=1S/C48H32N2O4/c1-7-25-49-41-23-21-37(53-29-11-5)31-39(41)45-44(34-15-19-36(20-16-34)52-28-10-4)48-46(43(47(45)49)33-13-17-35(18-14-33)51-27-9-3)40-32-38(54-30-12-6)22-24-42(40)50(48)26-8-2/h1-6,13-24,31-32H,25-30H2. The van der Waals surface area contributed by atoms with Gasteiger partial charge in [-0.1, -0.05) is 59.8 Å². The van der Waals surface area contributed by atoms with E-state index in [1.54, 1.807) is 0 Å². The predicted molar refractivity (Wildman–Crippen MR) is 218 cm³/mol. The Balaban J connectivity index is 1.74. The largest absolute Gasteiger partial charge is 0.481 e. The Bertz CT molecular complexity index is 2630. The van der Waals surface area contributed by atoms with Gasteiger partial charge in [-0.15, -0.1) is 38.5 Å². The zero-order valence-electron chi connectivity index (χ0n) is 29.3. The summed E-state index contributed by atoms with van der Waals surface area (Å²) in [5.41, 5.74) is 7.38. The van der Waals surface area contributed by atoms with Gasteiger partial charge in [-0.05, 0) is 71.8 Å². The average molecular weight is 701 g/mol. The molecule has 2 heterocycles. The molecule has 2 aromatic heterocycles. The summed E-state index contributed by atoms with van der Waals surface area (Å²) in [4.78, 5) is 0. The molecule has 0 spiro atoms. The molecule has 7 rings (SSSR count). The van der Waals surface area contributed by atoms with Crippen LogP contribution in [0, 0.1) is 74.1 Å². The highest BCUT2D eigenvalue weighted by Gasteiger charge is 2.28. The Morgan fingerprint density at radius 2 is 0.741 bits per heavy atom. The minimum absolute atomic E-state index is 0.116. The molecule has 0 bridgehead atoms. The molecule has 6 heteroatoms. The van der Waals surface area contributed by atoms with Crippen LogP contribution >= 0.6 is 0 Å². The van der Waals surface area contributed by atoms with E-state index in [0.717, 1.165) is 65.9 Å². The highest BCUT2D eigenvalue weighted by Crippen LogP contribution is 2.51.